The molecule has 1 N–H and O–H groups in total. The van der Waals surface area contributed by atoms with Gasteiger partial charge in [-0.3, -0.25) is 9.88 Å². The Balaban J connectivity index is 1.34. The number of pyridine rings is 1. The smallest absolute Gasteiger partial charge is 0.175 e. The van der Waals surface area contributed by atoms with Crippen LogP contribution in [0.4, 0.5) is 4.39 Å². The summed E-state index contributed by atoms with van der Waals surface area (Å²) >= 11 is 0. The van der Waals surface area contributed by atoms with Crippen LogP contribution in [-0.2, 0) is 22.5 Å². The van der Waals surface area contributed by atoms with Gasteiger partial charge in [0.25, 0.3) is 0 Å². The van der Waals surface area contributed by atoms with Crippen LogP contribution in [0.5, 0.6) is 0 Å². The fraction of sp³-hybridized carbons (Fsp3) is 0.387. The normalized spacial score (nSPS) is 23.5. The average molecular weight is 548 g/mol. The number of halogens is 1. The zero-order valence-corrected chi connectivity index (χ0v) is 23.6. The lowest BCUT2D eigenvalue weighted by molar-refractivity contribution is -0.0574. The highest BCUT2D eigenvalue weighted by atomic mass is 32.2. The van der Waals surface area contributed by atoms with E-state index < -0.39 is 21.3 Å². The molecule has 0 saturated carbocycles. The predicted octanol–water partition coefficient (Wildman–Crippen LogP) is 5.59. The lowest BCUT2D eigenvalue weighted by Gasteiger charge is -2.43. The summed E-state index contributed by atoms with van der Waals surface area (Å²) in [5.41, 5.74) is 4.17. The molecule has 2 aliphatic rings. The lowest BCUT2D eigenvalue weighted by atomic mass is 9.80. The molecule has 2 saturated heterocycles. The Hall–Kier alpha value is -3.07. The molecule has 0 spiro atoms. The molecule has 6 nitrogen and oxygen atoms in total. The minimum absolute atomic E-state index is 0.281. The van der Waals surface area contributed by atoms with Gasteiger partial charge in [-0.15, -0.1) is 0 Å². The third-order valence-corrected chi connectivity index (χ3v) is 9.99. The fourth-order valence-corrected chi connectivity index (χ4v) is 7.52. The summed E-state index contributed by atoms with van der Waals surface area (Å²) in [7, 11) is -1.31. The van der Waals surface area contributed by atoms with Crippen LogP contribution in [0.3, 0.4) is 0 Å². The second-order valence-electron chi connectivity index (χ2n) is 11.3. The summed E-state index contributed by atoms with van der Waals surface area (Å²) < 4.78 is 41.4. The molecule has 204 valence electrons. The highest BCUT2D eigenvalue weighted by Crippen LogP contribution is 2.46. The number of sulfone groups is 1. The molecule has 2 aromatic heterocycles. The van der Waals surface area contributed by atoms with Crippen molar-refractivity contribution in [1.29, 1.82) is 0 Å². The number of rotatable bonds is 5. The van der Waals surface area contributed by atoms with Crippen molar-refractivity contribution < 1.29 is 17.9 Å². The Kier molecular flexibility index (Phi) is 6.21. The summed E-state index contributed by atoms with van der Waals surface area (Å²) in [5.74, 6) is -0.391. The van der Waals surface area contributed by atoms with E-state index in [2.05, 4.69) is 11.8 Å². The second kappa shape index (κ2) is 9.25. The molecular weight excluding hydrogens is 513 g/mol. The van der Waals surface area contributed by atoms with E-state index in [1.807, 2.05) is 48.9 Å². The van der Waals surface area contributed by atoms with E-state index in [1.165, 1.54) is 12.3 Å². The van der Waals surface area contributed by atoms with Crippen LogP contribution in [0.25, 0.3) is 33.4 Å². The van der Waals surface area contributed by atoms with Crippen molar-refractivity contribution in [1.82, 2.24) is 14.5 Å². The third kappa shape index (κ3) is 4.39. The predicted molar refractivity (Wildman–Crippen MR) is 152 cm³/mol. The van der Waals surface area contributed by atoms with Crippen LogP contribution >= 0.6 is 0 Å². The van der Waals surface area contributed by atoms with Crippen molar-refractivity contribution in [3.63, 3.8) is 0 Å². The summed E-state index contributed by atoms with van der Waals surface area (Å²) in [5, 5.41) is 12.5. The van der Waals surface area contributed by atoms with Crippen LogP contribution < -0.4 is 0 Å². The second-order valence-corrected chi connectivity index (χ2v) is 13.3. The highest BCUT2D eigenvalue weighted by molar-refractivity contribution is 7.90. The summed E-state index contributed by atoms with van der Waals surface area (Å²) in [6.45, 7) is 5.06. The van der Waals surface area contributed by atoms with Crippen molar-refractivity contribution in [2.24, 2.45) is 7.05 Å². The average Bonchev–Trinajstić information content (AvgIpc) is 3.37. The maximum Gasteiger partial charge on any atom is 0.175 e. The number of benzene rings is 2. The van der Waals surface area contributed by atoms with Gasteiger partial charge < -0.3 is 9.67 Å². The van der Waals surface area contributed by atoms with Gasteiger partial charge in [0.1, 0.15) is 5.82 Å². The molecule has 8 heteroatoms. The van der Waals surface area contributed by atoms with Crippen LogP contribution in [0.1, 0.15) is 43.9 Å². The SMILES string of the molecule is CCN1C2CCC1CC(O)(c1ccc(-c3cc4c(cc(-c5ccc(S(C)(=O)=O)cc5)n4C)c(C)n3)cc1F)C2. The molecule has 39 heavy (non-hydrogen) atoms. The van der Waals surface area contributed by atoms with E-state index in [0.717, 1.165) is 47.2 Å². The first-order valence-corrected chi connectivity index (χ1v) is 15.4. The monoisotopic (exact) mass is 547 g/mol. The van der Waals surface area contributed by atoms with Gasteiger partial charge in [-0.1, -0.05) is 31.2 Å². The number of nitrogens with zero attached hydrogens (tertiary/aromatic N) is 3. The summed E-state index contributed by atoms with van der Waals surface area (Å²) in [6, 6.07) is 16.6. The standard InChI is InChI=1S/C31H34FN3O3S/c1-5-35-22-9-10-23(35)18-31(36,17-22)26-13-8-21(14-27(26)32)28-16-30-25(19(2)33-28)15-29(34(30)3)20-6-11-24(12-7-20)39(4,37)38/h6-8,11-16,22-23,36H,5,9-10,17-18H2,1-4H3. The molecule has 2 aromatic carbocycles. The van der Waals surface area contributed by atoms with Gasteiger partial charge in [0.15, 0.2) is 9.84 Å². The van der Waals surface area contributed by atoms with Gasteiger partial charge in [-0.25, -0.2) is 12.8 Å². The molecule has 0 aliphatic carbocycles. The Bertz CT molecular complexity index is 1680. The number of hydrogen-bond acceptors (Lipinski definition) is 5. The first kappa shape index (κ1) is 26.2. The Morgan fingerprint density at radius 3 is 2.26 bits per heavy atom. The molecule has 2 bridgehead atoms. The number of fused-ring (bicyclic) bond motifs is 3. The third-order valence-electron chi connectivity index (χ3n) is 8.86. The molecule has 2 aliphatic heterocycles. The van der Waals surface area contributed by atoms with Crippen molar-refractivity contribution >= 4 is 20.7 Å². The maximum atomic E-state index is 15.6. The first-order chi connectivity index (χ1) is 18.5. The maximum absolute atomic E-state index is 15.6. The van der Waals surface area contributed by atoms with E-state index in [4.69, 9.17) is 4.98 Å². The minimum Gasteiger partial charge on any atom is -0.385 e. The van der Waals surface area contributed by atoms with Crippen molar-refractivity contribution in [2.45, 2.75) is 62.1 Å². The van der Waals surface area contributed by atoms with Crippen molar-refractivity contribution in [2.75, 3.05) is 12.8 Å². The van der Waals surface area contributed by atoms with Gasteiger partial charge in [0, 0.05) is 53.3 Å². The van der Waals surface area contributed by atoms with Crippen LogP contribution in [0, 0.1) is 12.7 Å². The van der Waals surface area contributed by atoms with Gasteiger partial charge in [0.2, 0.25) is 0 Å². The van der Waals surface area contributed by atoms with Gasteiger partial charge in [-0.2, -0.15) is 0 Å². The van der Waals surface area contributed by atoms with Crippen LogP contribution in [0.2, 0.25) is 0 Å². The molecule has 2 atom stereocenters. The van der Waals surface area contributed by atoms with Crippen molar-refractivity contribution in [3.05, 3.63) is 71.7 Å². The van der Waals surface area contributed by atoms with Gasteiger partial charge in [0.05, 0.1) is 21.7 Å². The highest BCUT2D eigenvalue weighted by Gasteiger charge is 2.48. The quantitative estimate of drug-likeness (QED) is 0.352. The molecular formula is C31H34FN3O3S. The Morgan fingerprint density at radius 1 is 1.03 bits per heavy atom. The molecule has 0 radical (unpaired) electrons. The van der Waals surface area contributed by atoms with E-state index in [-0.39, 0.29) is 4.90 Å². The number of aliphatic hydroxyl groups is 1. The zero-order chi connectivity index (χ0) is 27.7. The molecule has 4 heterocycles. The summed E-state index contributed by atoms with van der Waals surface area (Å²) in [4.78, 5) is 7.53. The lowest BCUT2D eigenvalue weighted by Crippen LogP contribution is -2.49. The number of piperidine rings is 1. The van der Waals surface area contributed by atoms with E-state index in [0.29, 0.717) is 41.7 Å². The fourth-order valence-electron chi connectivity index (χ4n) is 6.89. The minimum atomic E-state index is -3.27. The van der Waals surface area contributed by atoms with Crippen LogP contribution in [0.15, 0.2) is 59.5 Å². The zero-order valence-electron chi connectivity index (χ0n) is 22.8. The summed E-state index contributed by atoms with van der Waals surface area (Å²) in [6.07, 6.45) is 4.45. The Morgan fingerprint density at radius 2 is 1.67 bits per heavy atom. The first-order valence-electron chi connectivity index (χ1n) is 13.5. The van der Waals surface area contributed by atoms with E-state index in [1.54, 1.807) is 18.2 Å². The largest absolute Gasteiger partial charge is 0.385 e. The molecule has 4 aromatic rings. The molecule has 2 unspecified atom stereocenters. The van der Waals surface area contributed by atoms with Crippen molar-refractivity contribution in [3.8, 4) is 22.5 Å². The molecule has 0 amide bonds. The number of aromatic nitrogens is 2. The van der Waals surface area contributed by atoms with Crippen LogP contribution in [-0.4, -0.2) is 52.9 Å². The molecule has 2 fully saturated rings. The topological polar surface area (TPSA) is 75.4 Å². The van der Waals surface area contributed by atoms with Gasteiger partial charge in [-0.05, 0) is 75.0 Å². The van der Waals surface area contributed by atoms with Gasteiger partial charge >= 0.3 is 0 Å². The number of aryl methyl sites for hydroxylation is 2. The Labute approximate surface area is 229 Å². The van der Waals surface area contributed by atoms with E-state index >= 15 is 4.39 Å². The molecule has 6 rings (SSSR count). The van der Waals surface area contributed by atoms with E-state index in [9.17, 15) is 13.5 Å². The number of hydrogen-bond donors (Lipinski definition) is 1.